The molecule has 0 bridgehead atoms. The molecule has 0 radical (unpaired) electrons. The Kier molecular flexibility index (Phi) is 7.01. The van der Waals surface area contributed by atoms with Crippen LogP contribution in [0.4, 0.5) is 4.79 Å². The molecule has 150 valence electrons. The van der Waals surface area contributed by atoms with Gasteiger partial charge < -0.3 is 25.1 Å². The average Bonchev–Trinajstić information content (AvgIpc) is 3.24. The van der Waals surface area contributed by atoms with E-state index < -0.39 is 24.1 Å². The topological polar surface area (TPSA) is 110 Å². The lowest BCUT2D eigenvalue weighted by Gasteiger charge is -2.29. The number of amides is 2. The molecule has 1 saturated heterocycles. The minimum Gasteiger partial charge on any atom is -0.409 e. The Hall–Kier alpha value is -2.35. The second kappa shape index (κ2) is 9.03. The van der Waals surface area contributed by atoms with E-state index in [9.17, 15) is 14.4 Å². The van der Waals surface area contributed by atoms with Gasteiger partial charge in [-0.3, -0.25) is 9.59 Å². The molecule has 2 amide bonds. The highest BCUT2D eigenvalue weighted by Gasteiger charge is 2.38. The van der Waals surface area contributed by atoms with E-state index in [1.54, 1.807) is 12.3 Å². The lowest BCUT2D eigenvalue weighted by Crippen LogP contribution is -2.54. The van der Waals surface area contributed by atoms with Crippen molar-refractivity contribution in [3.05, 3.63) is 18.5 Å². The van der Waals surface area contributed by atoms with Crippen molar-refractivity contribution >= 4 is 17.8 Å². The Bertz CT molecular complexity index is 656. The monoisotopic (exact) mass is 379 g/mol. The lowest BCUT2D eigenvalue weighted by molar-refractivity contribution is -0.128. The molecule has 1 aliphatic rings. The van der Waals surface area contributed by atoms with Crippen LogP contribution in [0.1, 0.15) is 47.0 Å². The van der Waals surface area contributed by atoms with Crippen LogP contribution < -0.4 is 15.4 Å². The summed E-state index contributed by atoms with van der Waals surface area (Å²) < 4.78 is 10.6. The second-order valence-electron chi connectivity index (χ2n) is 7.57. The number of ketones is 1. The van der Waals surface area contributed by atoms with Crippen molar-refractivity contribution in [1.82, 2.24) is 15.6 Å². The van der Waals surface area contributed by atoms with Gasteiger partial charge in [-0.25, -0.2) is 4.79 Å². The normalized spacial score (nSPS) is 21.0. The van der Waals surface area contributed by atoms with Crippen molar-refractivity contribution in [3.8, 4) is 5.75 Å². The van der Waals surface area contributed by atoms with Crippen LogP contribution in [-0.2, 0) is 14.3 Å². The molecule has 0 aliphatic carbocycles. The Morgan fingerprint density at radius 1 is 1.41 bits per heavy atom. The van der Waals surface area contributed by atoms with E-state index in [0.717, 1.165) is 6.42 Å². The number of hydrogen-bond acceptors (Lipinski definition) is 5. The Balaban J connectivity index is 2.07. The maximum absolute atomic E-state index is 12.8. The highest BCUT2D eigenvalue weighted by molar-refractivity contribution is 5.94. The van der Waals surface area contributed by atoms with Crippen molar-refractivity contribution in [2.24, 2.45) is 5.41 Å². The minimum absolute atomic E-state index is 0.00245. The van der Waals surface area contributed by atoms with Crippen LogP contribution in [0.25, 0.3) is 0 Å². The molecule has 0 saturated carbocycles. The number of carbonyl (C=O) groups excluding carboxylic acids is 3. The number of hydrogen-bond donors (Lipinski definition) is 3. The van der Waals surface area contributed by atoms with Gasteiger partial charge >= 0.3 is 6.09 Å². The molecule has 27 heavy (non-hydrogen) atoms. The molecule has 8 nitrogen and oxygen atoms in total. The van der Waals surface area contributed by atoms with Gasteiger partial charge in [-0.05, 0) is 24.3 Å². The first-order chi connectivity index (χ1) is 12.8. The Morgan fingerprint density at radius 3 is 2.74 bits per heavy atom. The molecular weight excluding hydrogens is 350 g/mol. The zero-order chi connectivity index (χ0) is 20.0. The molecule has 1 aromatic rings. The first-order valence-corrected chi connectivity index (χ1v) is 9.31. The van der Waals surface area contributed by atoms with Crippen LogP contribution in [0.2, 0.25) is 0 Å². The standard InChI is InChI=1S/C19H29N3O5/c1-5-15-16(14(23)11-26-15)22-17(24)13(9-19(3,4)6-2)21-18(25)27-12-7-8-20-10-12/h7-8,10,13,15-16,20H,5-6,9,11H2,1-4H3,(H,21,25)(H,22,24)/t13-,15?,16?/m0/s1. The maximum Gasteiger partial charge on any atom is 0.413 e. The third-order valence-corrected chi connectivity index (χ3v) is 4.96. The molecule has 1 aromatic heterocycles. The smallest absolute Gasteiger partial charge is 0.409 e. The zero-order valence-corrected chi connectivity index (χ0v) is 16.3. The summed E-state index contributed by atoms with van der Waals surface area (Å²) in [6.07, 6.45) is 3.96. The summed E-state index contributed by atoms with van der Waals surface area (Å²) in [6.45, 7) is 7.95. The minimum atomic E-state index is -0.822. The van der Waals surface area contributed by atoms with E-state index in [-0.39, 0.29) is 23.9 Å². The van der Waals surface area contributed by atoms with Gasteiger partial charge in [0.25, 0.3) is 0 Å². The van der Waals surface area contributed by atoms with Gasteiger partial charge in [0.2, 0.25) is 5.91 Å². The second-order valence-corrected chi connectivity index (χ2v) is 7.57. The SMILES string of the molecule is CCC1OCC(=O)C1NC(=O)[C@H](CC(C)(C)CC)NC(=O)Oc1cc[nH]c1. The number of rotatable bonds is 8. The average molecular weight is 379 g/mol. The van der Waals surface area contributed by atoms with Gasteiger partial charge in [0, 0.05) is 12.4 Å². The molecule has 1 fully saturated rings. The van der Waals surface area contributed by atoms with Crippen molar-refractivity contribution < 1.29 is 23.9 Å². The largest absolute Gasteiger partial charge is 0.413 e. The molecule has 2 rings (SSSR count). The zero-order valence-electron chi connectivity index (χ0n) is 16.3. The van der Waals surface area contributed by atoms with Crippen molar-refractivity contribution in [1.29, 1.82) is 0 Å². The van der Waals surface area contributed by atoms with Crippen LogP contribution in [0, 0.1) is 5.41 Å². The predicted octanol–water partition coefficient (Wildman–Crippen LogP) is 2.16. The summed E-state index contributed by atoms with van der Waals surface area (Å²) in [5, 5.41) is 5.38. The number of ether oxygens (including phenoxy) is 2. The third kappa shape index (κ3) is 5.82. The van der Waals surface area contributed by atoms with Crippen LogP contribution in [0.15, 0.2) is 18.5 Å². The number of aromatic nitrogens is 1. The summed E-state index contributed by atoms with van der Waals surface area (Å²) in [7, 11) is 0. The van der Waals surface area contributed by atoms with E-state index in [2.05, 4.69) is 15.6 Å². The lowest BCUT2D eigenvalue weighted by atomic mass is 9.83. The maximum atomic E-state index is 12.8. The van der Waals surface area contributed by atoms with Crippen LogP contribution in [0.5, 0.6) is 5.75 Å². The molecule has 3 atom stereocenters. The Labute approximate surface area is 159 Å². The van der Waals surface area contributed by atoms with Gasteiger partial charge in [0.15, 0.2) is 5.78 Å². The van der Waals surface area contributed by atoms with E-state index in [4.69, 9.17) is 9.47 Å². The number of H-pyrrole nitrogens is 1. The van der Waals surface area contributed by atoms with Gasteiger partial charge in [-0.2, -0.15) is 0 Å². The quantitative estimate of drug-likeness (QED) is 0.641. The fourth-order valence-electron chi connectivity index (χ4n) is 2.92. The molecule has 3 N–H and O–H groups in total. The molecular formula is C19H29N3O5. The molecule has 1 aliphatic heterocycles. The highest BCUT2D eigenvalue weighted by atomic mass is 16.6. The van der Waals surface area contributed by atoms with Crippen molar-refractivity contribution in [2.45, 2.75) is 65.1 Å². The van der Waals surface area contributed by atoms with E-state index >= 15 is 0 Å². The molecule has 2 unspecified atom stereocenters. The summed E-state index contributed by atoms with van der Waals surface area (Å²) in [5.41, 5.74) is -0.177. The van der Waals surface area contributed by atoms with Gasteiger partial charge in [-0.15, -0.1) is 0 Å². The summed E-state index contributed by atoms with van der Waals surface area (Å²) >= 11 is 0. The number of aromatic amines is 1. The van der Waals surface area contributed by atoms with Crippen LogP contribution in [0.3, 0.4) is 0 Å². The first-order valence-electron chi connectivity index (χ1n) is 9.31. The van der Waals surface area contributed by atoms with Gasteiger partial charge in [0.1, 0.15) is 24.4 Å². The molecule has 0 aromatic carbocycles. The predicted molar refractivity (Wildman–Crippen MR) is 99.4 cm³/mol. The fourth-order valence-corrected chi connectivity index (χ4v) is 2.92. The summed E-state index contributed by atoms with van der Waals surface area (Å²) in [6, 6.07) is 0.0971. The number of Topliss-reactive ketones (excluding diaryl/α,β-unsaturated/α-hetero) is 1. The van der Waals surface area contributed by atoms with E-state index in [0.29, 0.717) is 18.6 Å². The van der Waals surface area contributed by atoms with Crippen molar-refractivity contribution in [3.63, 3.8) is 0 Å². The van der Waals surface area contributed by atoms with E-state index in [1.165, 1.54) is 6.20 Å². The first kappa shape index (κ1) is 21.0. The number of carbonyl (C=O) groups is 3. The summed E-state index contributed by atoms with van der Waals surface area (Å²) in [5.74, 6) is -0.213. The van der Waals surface area contributed by atoms with Gasteiger partial charge in [-0.1, -0.05) is 34.1 Å². The fraction of sp³-hybridized carbons (Fsp3) is 0.632. The van der Waals surface area contributed by atoms with Crippen molar-refractivity contribution in [2.75, 3.05) is 6.61 Å². The molecule has 2 heterocycles. The third-order valence-electron chi connectivity index (χ3n) is 4.96. The highest BCUT2D eigenvalue weighted by Crippen LogP contribution is 2.26. The molecule has 8 heteroatoms. The van der Waals surface area contributed by atoms with E-state index in [1.807, 2.05) is 27.7 Å². The number of nitrogens with one attached hydrogen (secondary N) is 3. The molecule has 0 spiro atoms. The van der Waals surface area contributed by atoms with Gasteiger partial charge in [0.05, 0.1) is 6.10 Å². The Morgan fingerprint density at radius 2 is 2.15 bits per heavy atom. The van der Waals surface area contributed by atoms with Crippen LogP contribution >= 0.6 is 0 Å². The summed E-state index contributed by atoms with van der Waals surface area (Å²) in [4.78, 5) is 39.9. The van der Waals surface area contributed by atoms with Crippen LogP contribution in [-0.4, -0.2) is 47.6 Å².